The lowest BCUT2D eigenvalue weighted by molar-refractivity contribution is -0.126. The maximum absolute atomic E-state index is 13.0. The smallest absolute Gasteiger partial charge is 0.248 e. The van der Waals surface area contributed by atoms with Gasteiger partial charge in [-0.25, -0.2) is 8.42 Å². The van der Waals surface area contributed by atoms with Gasteiger partial charge in [-0.15, -0.1) is 0 Å². The zero-order valence-corrected chi connectivity index (χ0v) is 18.0. The molecule has 1 fully saturated rings. The van der Waals surface area contributed by atoms with E-state index in [1.54, 1.807) is 13.8 Å². The summed E-state index contributed by atoms with van der Waals surface area (Å²) in [6.45, 7) is 5.78. The van der Waals surface area contributed by atoms with Crippen LogP contribution in [0.5, 0.6) is 0 Å². The first-order chi connectivity index (χ1) is 13.8. The van der Waals surface area contributed by atoms with Gasteiger partial charge in [0.2, 0.25) is 15.9 Å². The fourth-order valence-electron chi connectivity index (χ4n) is 3.81. The first kappa shape index (κ1) is 21.5. The van der Waals surface area contributed by atoms with E-state index in [9.17, 15) is 13.2 Å². The third kappa shape index (κ3) is 5.05. The summed E-state index contributed by atoms with van der Waals surface area (Å²) in [6, 6.07) is 10.2. The summed E-state index contributed by atoms with van der Waals surface area (Å²) in [4.78, 5) is 12.9. The van der Waals surface area contributed by atoms with Crippen molar-refractivity contribution in [2.45, 2.75) is 57.4 Å². The molecule has 1 saturated heterocycles. The van der Waals surface area contributed by atoms with E-state index in [1.807, 2.05) is 25.1 Å². The maximum atomic E-state index is 13.0. The number of piperidine rings is 1. The second-order valence-corrected chi connectivity index (χ2v) is 9.66. The predicted molar refractivity (Wildman–Crippen MR) is 110 cm³/mol. The van der Waals surface area contributed by atoms with Crippen molar-refractivity contribution in [3.05, 3.63) is 47.3 Å². The molecule has 29 heavy (non-hydrogen) atoms. The van der Waals surface area contributed by atoms with E-state index in [1.165, 1.54) is 9.87 Å². The van der Waals surface area contributed by atoms with Crippen LogP contribution in [0.1, 0.15) is 43.2 Å². The molecule has 1 amide bonds. The van der Waals surface area contributed by atoms with Gasteiger partial charge in [0.05, 0.1) is 5.92 Å². The molecule has 1 aromatic carbocycles. The van der Waals surface area contributed by atoms with Gasteiger partial charge in [-0.3, -0.25) is 4.79 Å². The van der Waals surface area contributed by atoms with Gasteiger partial charge in [-0.2, -0.15) is 4.31 Å². The van der Waals surface area contributed by atoms with Crippen molar-refractivity contribution in [1.82, 2.24) is 14.8 Å². The van der Waals surface area contributed by atoms with E-state index in [2.05, 4.69) is 22.6 Å². The molecule has 0 spiro atoms. The number of carbonyl (C=O) groups excluding carboxylic acids is 1. The van der Waals surface area contributed by atoms with E-state index in [0.29, 0.717) is 25.1 Å². The summed E-state index contributed by atoms with van der Waals surface area (Å²) >= 11 is 0. The Labute approximate surface area is 172 Å². The van der Waals surface area contributed by atoms with Gasteiger partial charge in [0, 0.05) is 19.1 Å². The summed E-state index contributed by atoms with van der Waals surface area (Å²) in [5, 5.41) is 6.81. The van der Waals surface area contributed by atoms with Crippen LogP contribution in [0, 0.1) is 19.8 Å². The van der Waals surface area contributed by atoms with Gasteiger partial charge in [0.15, 0.2) is 5.76 Å². The average Bonchev–Trinajstić information content (AvgIpc) is 3.06. The summed E-state index contributed by atoms with van der Waals surface area (Å²) < 4.78 is 32.5. The number of nitrogens with zero attached hydrogens (tertiary/aromatic N) is 2. The van der Waals surface area contributed by atoms with Crippen molar-refractivity contribution in [3.8, 4) is 0 Å². The molecule has 1 N–H and O–H groups in total. The summed E-state index contributed by atoms with van der Waals surface area (Å²) in [5.74, 6) is -0.147. The largest absolute Gasteiger partial charge is 0.360 e. The second kappa shape index (κ2) is 9.09. The van der Waals surface area contributed by atoms with Crippen LogP contribution in [0.15, 0.2) is 39.8 Å². The first-order valence-corrected chi connectivity index (χ1v) is 11.5. The molecule has 158 valence electrons. The summed E-state index contributed by atoms with van der Waals surface area (Å²) in [7, 11) is -3.72. The molecule has 2 heterocycles. The number of amides is 1. The van der Waals surface area contributed by atoms with E-state index in [4.69, 9.17) is 4.52 Å². The molecule has 8 heteroatoms. The van der Waals surface area contributed by atoms with Crippen LogP contribution in [0.3, 0.4) is 0 Å². The first-order valence-electron chi connectivity index (χ1n) is 10.1. The van der Waals surface area contributed by atoms with Crippen molar-refractivity contribution >= 4 is 15.9 Å². The lowest BCUT2D eigenvalue weighted by Gasteiger charge is -2.31. The van der Waals surface area contributed by atoms with Gasteiger partial charge in [-0.1, -0.05) is 35.5 Å². The number of benzene rings is 1. The van der Waals surface area contributed by atoms with Crippen LogP contribution in [0.2, 0.25) is 0 Å². The molecule has 0 unspecified atom stereocenters. The van der Waals surface area contributed by atoms with Crippen LogP contribution < -0.4 is 5.32 Å². The van der Waals surface area contributed by atoms with Crippen molar-refractivity contribution in [1.29, 1.82) is 0 Å². The molecule has 1 aliphatic rings. The topological polar surface area (TPSA) is 92.5 Å². The third-order valence-electron chi connectivity index (χ3n) is 5.42. The van der Waals surface area contributed by atoms with E-state index < -0.39 is 10.0 Å². The Morgan fingerprint density at radius 2 is 2.03 bits per heavy atom. The third-order valence-corrected chi connectivity index (χ3v) is 7.53. The van der Waals surface area contributed by atoms with Crippen molar-refractivity contribution in [3.63, 3.8) is 0 Å². The molecular weight excluding hydrogens is 390 g/mol. The highest BCUT2D eigenvalue weighted by atomic mass is 32.2. The van der Waals surface area contributed by atoms with Crippen molar-refractivity contribution < 1.29 is 17.7 Å². The number of hydrogen-bond donors (Lipinski definition) is 1. The molecule has 3 rings (SSSR count). The lowest BCUT2D eigenvalue weighted by Crippen LogP contribution is -2.47. The van der Waals surface area contributed by atoms with Gasteiger partial charge >= 0.3 is 0 Å². The van der Waals surface area contributed by atoms with Crippen LogP contribution in [0.4, 0.5) is 0 Å². The molecule has 0 bridgehead atoms. The molecule has 0 radical (unpaired) electrons. The lowest BCUT2D eigenvalue weighted by atomic mass is 9.98. The van der Waals surface area contributed by atoms with Crippen LogP contribution in [0.25, 0.3) is 0 Å². The predicted octanol–water partition coefficient (Wildman–Crippen LogP) is 2.83. The normalized spacial score (nSPS) is 19.1. The standard InChI is InChI=1S/C21H29N3O4S/c1-15(11-12-18-8-5-4-6-9-18)22-21(25)19-10-7-13-24(14-19)29(26,27)20-16(2)23-28-17(20)3/h4-6,8-9,15,19H,7,10-14H2,1-3H3,(H,22,25)/t15-,19-/m0/s1. The number of sulfonamides is 1. The van der Waals surface area contributed by atoms with Gasteiger partial charge in [-0.05, 0) is 52.0 Å². The Hall–Kier alpha value is -2.19. The monoisotopic (exact) mass is 419 g/mol. The summed E-state index contributed by atoms with van der Waals surface area (Å²) in [6.07, 6.45) is 3.06. The molecule has 1 aromatic heterocycles. The zero-order valence-electron chi connectivity index (χ0n) is 17.2. The second-order valence-electron chi connectivity index (χ2n) is 7.79. The van der Waals surface area contributed by atoms with Crippen LogP contribution in [-0.4, -0.2) is 42.9 Å². The maximum Gasteiger partial charge on any atom is 0.248 e. The van der Waals surface area contributed by atoms with E-state index in [-0.39, 0.29) is 35.1 Å². The Morgan fingerprint density at radius 3 is 2.69 bits per heavy atom. The number of aryl methyl sites for hydroxylation is 3. The van der Waals surface area contributed by atoms with Crippen LogP contribution in [-0.2, 0) is 21.2 Å². The average molecular weight is 420 g/mol. The zero-order chi connectivity index (χ0) is 21.0. The minimum absolute atomic E-state index is 0.0252. The van der Waals surface area contributed by atoms with Crippen molar-refractivity contribution in [2.24, 2.45) is 5.92 Å². The highest BCUT2D eigenvalue weighted by Gasteiger charge is 2.36. The quantitative estimate of drug-likeness (QED) is 0.745. The molecule has 1 aliphatic heterocycles. The van der Waals surface area contributed by atoms with Gasteiger partial charge in [0.25, 0.3) is 0 Å². The summed E-state index contributed by atoms with van der Waals surface area (Å²) in [5.41, 5.74) is 1.59. The molecule has 7 nitrogen and oxygen atoms in total. The highest BCUT2D eigenvalue weighted by molar-refractivity contribution is 7.89. The van der Waals surface area contributed by atoms with Gasteiger partial charge < -0.3 is 9.84 Å². The Kier molecular flexibility index (Phi) is 6.74. The molecule has 2 atom stereocenters. The van der Waals surface area contributed by atoms with Crippen LogP contribution >= 0.6 is 0 Å². The SMILES string of the molecule is Cc1noc(C)c1S(=O)(=O)N1CCC[C@H](C(=O)N[C@@H](C)CCc2ccccc2)C1. The minimum atomic E-state index is -3.72. The molecule has 2 aromatic rings. The van der Waals surface area contributed by atoms with E-state index in [0.717, 1.165) is 12.8 Å². The number of carbonyl (C=O) groups is 1. The highest BCUT2D eigenvalue weighted by Crippen LogP contribution is 2.27. The Balaban J connectivity index is 1.59. The fraction of sp³-hybridized carbons (Fsp3) is 0.524. The number of rotatable bonds is 7. The minimum Gasteiger partial charge on any atom is -0.360 e. The van der Waals surface area contributed by atoms with Gasteiger partial charge in [0.1, 0.15) is 10.6 Å². The number of aromatic nitrogens is 1. The molecule has 0 aliphatic carbocycles. The number of nitrogens with one attached hydrogen (secondary N) is 1. The van der Waals surface area contributed by atoms with E-state index >= 15 is 0 Å². The number of hydrogen-bond acceptors (Lipinski definition) is 5. The Morgan fingerprint density at radius 1 is 1.31 bits per heavy atom. The fourth-order valence-corrected chi connectivity index (χ4v) is 5.62. The van der Waals surface area contributed by atoms with Crippen molar-refractivity contribution in [2.75, 3.05) is 13.1 Å². The molecule has 0 saturated carbocycles. The Bertz CT molecular complexity index is 921. The molecular formula is C21H29N3O4S.